The molecule has 5 heteroatoms. The Labute approximate surface area is 142 Å². The Morgan fingerprint density at radius 3 is 2.67 bits per heavy atom. The van der Waals surface area contributed by atoms with Gasteiger partial charge < -0.3 is 10.4 Å². The molecule has 2 heterocycles. The Balaban J connectivity index is 1.59. The molecule has 2 aromatic rings. The van der Waals surface area contributed by atoms with E-state index in [2.05, 4.69) is 21.4 Å². The Kier molecular flexibility index (Phi) is 4.19. The molecule has 126 valence electrons. The number of nitrogens with one attached hydrogen (secondary N) is 1. The highest BCUT2D eigenvalue weighted by Gasteiger charge is 2.36. The van der Waals surface area contributed by atoms with Crippen LogP contribution in [0, 0.1) is 12.8 Å². The number of aliphatic hydroxyl groups is 1. The third kappa shape index (κ3) is 3.13. The lowest BCUT2D eigenvalue weighted by atomic mass is 9.76. The highest BCUT2D eigenvalue weighted by atomic mass is 16.3. The molecule has 2 saturated carbocycles. The van der Waals surface area contributed by atoms with Crippen LogP contribution in [-0.4, -0.2) is 26.2 Å². The molecule has 24 heavy (non-hydrogen) atoms. The average molecular weight is 324 g/mol. The molecule has 0 unspecified atom stereocenters. The number of anilines is 1. The van der Waals surface area contributed by atoms with Crippen LogP contribution in [0.3, 0.4) is 0 Å². The molecule has 0 saturated heterocycles. The zero-order valence-electron chi connectivity index (χ0n) is 14.0. The molecule has 5 nitrogen and oxygen atoms in total. The monoisotopic (exact) mass is 324 g/mol. The SMILES string of the molecule is Cc1cc(C2CCC2)nc(N[C@H](c2ccccn2)C2CC(O)C2)n1. The predicted octanol–water partition coefficient (Wildman–Crippen LogP) is 3.37. The lowest BCUT2D eigenvalue weighted by Crippen LogP contribution is -2.36. The van der Waals surface area contributed by atoms with Crippen molar-refractivity contribution in [3.8, 4) is 0 Å². The first-order valence-corrected chi connectivity index (χ1v) is 8.90. The summed E-state index contributed by atoms with van der Waals surface area (Å²) in [6.45, 7) is 2.03. The van der Waals surface area contributed by atoms with E-state index in [0.717, 1.165) is 29.9 Å². The number of nitrogens with zero attached hydrogens (tertiary/aromatic N) is 3. The second kappa shape index (κ2) is 6.48. The molecule has 0 bridgehead atoms. The maximum Gasteiger partial charge on any atom is 0.223 e. The van der Waals surface area contributed by atoms with Gasteiger partial charge in [0.15, 0.2) is 0 Å². The zero-order chi connectivity index (χ0) is 16.5. The van der Waals surface area contributed by atoms with E-state index >= 15 is 0 Å². The maximum absolute atomic E-state index is 9.70. The molecule has 1 atom stereocenters. The summed E-state index contributed by atoms with van der Waals surface area (Å²) in [5.41, 5.74) is 3.15. The Hall–Kier alpha value is -2.01. The second-order valence-electron chi connectivity index (χ2n) is 7.15. The van der Waals surface area contributed by atoms with Crippen molar-refractivity contribution in [2.75, 3.05) is 5.32 Å². The summed E-state index contributed by atoms with van der Waals surface area (Å²) >= 11 is 0. The minimum absolute atomic E-state index is 0.0469. The van der Waals surface area contributed by atoms with E-state index in [-0.39, 0.29) is 12.1 Å². The first-order valence-electron chi connectivity index (χ1n) is 8.90. The molecular formula is C19H24N4O. The van der Waals surface area contributed by atoms with Gasteiger partial charge in [0.2, 0.25) is 5.95 Å². The van der Waals surface area contributed by atoms with Crippen molar-refractivity contribution in [2.45, 2.75) is 57.1 Å². The van der Waals surface area contributed by atoms with Gasteiger partial charge in [0, 0.05) is 23.5 Å². The lowest BCUT2D eigenvalue weighted by molar-refractivity contribution is 0.0333. The second-order valence-corrected chi connectivity index (χ2v) is 7.15. The van der Waals surface area contributed by atoms with Crippen LogP contribution in [0.1, 0.15) is 61.1 Å². The minimum atomic E-state index is -0.188. The van der Waals surface area contributed by atoms with Crippen molar-refractivity contribution >= 4 is 5.95 Å². The van der Waals surface area contributed by atoms with Crippen molar-refractivity contribution in [3.05, 3.63) is 47.5 Å². The summed E-state index contributed by atoms with van der Waals surface area (Å²) in [5.74, 6) is 1.64. The molecule has 2 aliphatic rings. The highest BCUT2D eigenvalue weighted by molar-refractivity contribution is 5.34. The van der Waals surface area contributed by atoms with E-state index < -0.39 is 0 Å². The first-order chi connectivity index (χ1) is 11.7. The molecule has 4 rings (SSSR count). The smallest absolute Gasteiger partial charge is 0.223 e. The van der Waals surface area contributed by atoms with Gasteiger partial charge in [0.1, 0.15) is 0 Å². The van der Waals surface area contributed by atoms with E-state index in [1.165, 1.54) is 19.3 Å². The third-order valence-corrected chi connectivity index (χ3v) is 5.31. The quantitative estimate of drug-likeness (QED) is 0.882. The summed E-state index contributed by atoms with van der Waals surface area (Å²) in [6, 6.07) is 8.12. The molecule has 0 spiro atoms. The molecule has 2 aromatic heterocycles. The topological polar surface area (TPSA) is 70.9 Å². The van der Waals surface area contributed by atoms with E-state index in [9.17, 15) is 5.11 Å². The largest absolute Gasteiger partial charge is 0.393 e. The summed E-state index contributed by atoms with van der Waals surface area (Å²) in [6.07, 6.45) is 6.99. The van der Waals surface area contributed by atoms with Crippen LogP contribution >= 0.6 is 0 Å². The average Bonchev–Trinajstić information content (AvgIpc) is 2.49. The summed E-state index contributed by atoms with van der Waals surface area (Å²) in [7, 11) is 0. The highest BCUT2D eigenvalue weighted by Crippen LogP contribution is 2.40. The van der Waals surface area contributed by atoms with E-state index in [4.69, 9.17) is 4.98 Å². The number of hydrogen-bond acceptors (Lipinski definition) is 5. The van der Waals surface area contributed by atoms with Crippen molar-refractivity contribution in [3.63, 3.8) is 0 Å². The van der Waals surface area contributed by atoms with Gasteiger partial charge in [0.05, 0.1) is 17.8 Å². The number of pyridine rings is 1. The number of hydrogen-bond donors (Lipinski definition) is 2. The Bertz CT molecular complexity index is 696. The molecule has 0 amide bonds. The summed E-state index contributed by atoms with van der Waals surface area (Å²) in [4.78, 5) is 13.9. The Morgan fingerprint density at radius 1 is 1.21 bits per heavy atom. The van der Waals surface area contributed by atoms with Crippen LogP contribution in [0.4, 0.5) is 5.95 Å². The predicted molar refractivity (Wildman–Crippen MR) is 92.7 cm³/mol. The van der Waals surface area contributed by atoms with Crippen molar-refractivity contribution in [1.29, 1.82) is 0 Å². The number of aryl methyl sites for hydroxylation is 1. The Morgan fingerprint density at radius 2 is 2.04 bits per heavy atom. The van der Waals surface area contributed by atoms with Gasteiger partial charge in [-0.15, -0.1) is 0 Å². The van der Waals surface area contributed by atoms with Crippen LogP contribution < -0.4 is 5.32 Å². The molecule has 2 aliphatic carbocycles. The first kappa shape index (κ1) is 15.5. The van der Waals surface area contributed by atoms with Crippen molar-refractivity contribution in [1.82, 2.24) is 15.0 Å². The van der Waals surface area contributed by atoms with Gasteiger partial charge in [-0.2, -0.15) is 0 Å². The van der Waals surface area contributed by atoms with Gasteiger partial charge >= 0.3 is 0 Å². The zero-order valence-corrected chi connectivity index (χ0v) is 14.0. The molecule has 0 aromatic carbocycles. The van der Waals surface area contributed by atoms with Crippen LogP contribution in [0.15, 0.2) is 30.5 Å². The van der Waals surface area contributed by atoms with Crippen LogP contribution in [0.5, 0.6) is 0 Å². The minimum Gasteiger partial charge on any atom is -0.393 e. The van der Waals surface area contributed by atoms with E-state index in [0.29, 0.717) is 17.8 Å². The van der Waals surface area contributed by atoms with E-state index in [1.54, 1.807) is 0 Å². The fraction of sp³-hybridized carbons (Fsp3) is 0.526. The molecule has 0 aliphatic heterocycles. The fourth-order valence-corrected chi connectivity index (χ4v) is 3.60. The van der Waals surface area contributed by atoms with Gasteiger partial charge in [-0.1, -0.05) is 12.5 Å². The molecule has 0 radical (unpaired) electrons. The number of aromatic nitrogens is 3. The number of aliphatic hydroxyl groups excluding tert-OH is 1. The summed E-state index contributed by atoms with van der Waals surface area (Å²) in [5, 5.41) is 13.2. The van der Waals surface area contributed by atoms with Crippen molar-refractivity contribution < 1.29 is 5.11 Å². The number of rotatable bonds is 5. The maximum atomic E-state index is 9.70. The molecule has 2 N–H and O–H groups in total. The van der Waals surface area contributed by atoms with Gasteiger partial charge in [-0.25, -0.2) is 9.97 Å². The molecular weight excluding hydrogens is 300 g/mol. The van der Waals surface area contributed by atoms with Crippen molar-refractivity contribution in [2.24, 2.45) is 5.92 Å². The van der Waals surface area contributed by atoms with Gasteiger partial charge in [0.25, 0.3) is 0 Å². The van der Waals surface area contributed by atoms with Crippen LogP contribution in [0.2, 0.25) is 0 Å². The third-order valence-electron chi connectivity index (χ3n) is 5.31. The molecule has 2 fully saturated rings. The summed E-state index contributed by atoms with van der Waals surface area (Å²) < 4.78 is 0. The van der Waals surface area contributed by atoms with Crippen LogP contribution in [0.25, 0.3) is 0 Å². The van der Waals surface area contributed by atoms with Gasteiger partial charge in [-0.3, -0.25) is 4.98 Å². The lowest BCUT2D eigenvalue weighted by Gasteiger charge is -2.37. The standard InChI is InChI=1S/C19H24N4O/c1-12-9-17(13-5-4-6-13)22-19(21-12)23-18(14-10-15(24)11-14)16-7-2-3-8-20-16/h2-3,7-9,13-15,18,24H,4-6,10-11H2,1H3,(H,21,22,23)/t14?,15?,18-/m0/s1. The fourth-order valence-electron chi connectivity index (χ4n) is 3.60. The van der Waals surface area contributed by atoms with Gasteiger partial charge in [-0.05, 0) is 56.7 Å². The van der Waals surface area contributed by atoms with Crippen LogP contribution in [-0.2, 0) is 0 Å². The normalized spacial score (nSPS) is 24.8. The van der Waals surface area contributed by atoms with E-state index in [1.807, 2.05) is 31.3 Å².